The Morgan fingerprint density at radius 3 is 2.39 bits per heavy atom. The first kappa shape index (κ1) is 20.9. The number of aromatic nitrogens is 4. The summed E-state index contributed by atoms with van der Waals surface area (Å²) < 4.78 is 18.5. The number of hydrogen-bond acceptors (Lipinski definition) is 7. The first-order valence-electron chi connectivity index (χ1n) is 10.3. The van der Waals surface area contributed by atoms with Crippen LogP contribution in [-0.4, -0.2) is 56.5 Å². The van der Waals surface area contributed by atoms with Crippen molar-refractivity contribution in [1.29, 1.82) is 0 Å². The molecule has 1 aromatic carbocycles. The predicted molar refractivity (Wildman–Crippen MR) is 114 cm³/mol. The monoisotopic (exact) mass is 425 g/mol. The fourth-order valence-corrected chi connectivity index (χ4v) is 3.56. The molecular weight excluding hydrogens is 398 g/mol. The zero-order valence-corrected chi connectivity index (χ0v) is 18.2. The van der Waals surface area contributed by atoms with Crippen LogP contribution in [0.3, 0.4) is 0 Å². The Hall–Kier alpha value is -3.36. The summed E-state index contributed by atoms with van der Waals surface area (Å²) in [6, 6.07) is 7.44. The maximum Gasteiger partial charge on any atom is 0.410 e. The normalized spacial score (nSPS) is 15.2. The molecule has 1 aliphatic rings. The van der Waals surface area contributed by atoms with Gasteiger partial charge in [-0.2, -0.15) is 5.10 Å². The van der Waals surface area contributed by atoms with E-state index in [-0.39, 0.29) is 12.1 Å². The first-order valence-corrected chi connectivity index (χ1v) is 10.3. The average Bonchev–Trinajstić information content (AvgIpc) is 3.18. The van der Waals surface area contributed by atoms with Crippen LogP contribution in [0.2, 0.25) is 0 Å². The van der Waals surface area contributed by atoms with Gasteiger partial charge in [-0.15, -0.1) is 0 Å². The van der Waals surface area contributed by atoms with E-state index >= 15 is 0 Å². The largest absolute Gasteiger partial charge is 0.497 e. The Morgan fingerprint density at radius 1 is 1.06 bits per heavy atom. The second-order valence-corrected chi connectivity index (χ2v) is 8.48. The Morgan fingerprint density at radius 2 is 1.74 bits per heavy atom. The lowest BCUT2D eigenvalue weighted by Gasteiger charge is -2.33. The van der Waals surface area contributed by atoms with Gasteiger partial charge >= 0.3 is 6.09 Å². The number of methoxy groups -OCH3 is 1. The Kier molecular flexibility index (Phi) is 5.67. The quantitative estimate of drug-likeness (QED) is 0.619. The summed E-state index contributed by atoms with van der Waals surface area (Å²) >= 11 is 0. The van der Waals surface area contributed by atoms with Crippen molar-refractivity contribution in [1.82, 2.24) is 24.6 Å². The fourth-order valence-electron chi connectivity index (χ4n) is 3.56. The summed E-state index contributed by atoms with van der Waals surface area (Å²) in [5, 5.41) is 5.30. The standard InChI is InChI=1S/C22H27N5O4/c1-22(2,3)31-21(28)26-11-9-15(10-12-26)27-19-18(13-25-27)20(24-14-23-19)30-17-7-5-16(29-4)6-8-17/h5-8,13-15H,9-12H2,1-4H3. The number of nitrogens with zero attached hydrogens (tertiary/aromatic N) is 5. The summed E-state index contributed by atoms with van der Waals surface area (Å²) in [6.07, 6.45) is 4.49. The van der Waals surface area contributed by atoms with Gasteiger partial charge in [0.1, 0.15) is 28.8 Å². The summed E-state index contributed by atoms with van der Waals surface area (Å²) in [7, 11) is 1.62. The van der Waals surface area contributed by atoms with E-state index in [1.165, 1.54) is 6.33 Å². The minimum Gasteiger partial charge on any atom is -0.497 e. The molecular formula is C22H27N5O4. The highest BCUT2D eigenvalue weighted by molar-refractivity contribution is 5.80. The van der Waals surface area contributed by atoms with E-state index in [4.69, 9.17) is 14.2 Å². The van der Waals surface area contributed by atoms with Crippen LogP contribution in [0.4, 0.5) is 4.79 Å². The molecule has 1 amide bonds. The third-order valence-corrected chi connectivity index (χ3v) is 5.09. The second-order valence-electron chi connectivity index (χ2n) is 8.48. The molecule has 31 heavy (non-hydrogen) atoms. The number of piperidine rings is 1. The van der Waals surface area contributed by atoms with E-state index in [1.54, 1.807) is 18.2 Å². The topological polar surface area (TPSA) is 91.6 Å². The summed E-state index contributed by atoms with van der Waals surface area (Å²) in [5.41, 5.74) is 0.220. The van der Waals surface area contributed by atoms with Crippen molar-refractivity contribution in [3.63, 3.8) is 0 Å². The maximum atomic E-state index is 12.3. The molecule has 0 atom stereocenters. The van der Waals surface area contributed by atoms with Gasteiger partial charge in [0.05, 0.1) is 19.3 Å². The second kappa shape index (κ2) is 8.41. The van der Waals surface area contributed by atoms with E-state index in [0.717, 1.165) is 24.0 Å². The lowest BCUT2D eigenvalue weighted by Crippen LogP contribution is -2.42. The average molecular weight is 425 g/mol. The van der Waals surface area contributed by atoms with Gasteiger partial charge < -0.3 is 19.1 Å². The Bertz CT molecular complexity index is 1050. The van der Waals surface area contributed by atoms with Crippen LogP contribution in [0.5, 0.6) is 17.4 Å². The number of fused-ring (bicyclic) bond motifs is 1. The number of carbonyl (C=O) groups is 1. The number of hydrogen-bond donors (Lipinski definition) is 0. The van der Waals surface area contributed by atoms with E-state index < -0.39 is 5.60 Å². The van der Waals surface area contributed by atoms with Crippen LogP contribution in [0.15, 0.2) is 36.8 Å². The highest BCUT2D eigenvalue weighted by Crippen LogP contribution is 2.31. The number of amides is 1. The van der Waals surface area contributed by atoms with E-state index in [1.807, 2.05) is 49.7 Å². The van der Waals surface area contributed by atoms with Crippen molar-refractivity contribution in [2.75, 3.05) is 20.2 Å². The summed E-state index contributed by atoms with van der Waals surface area (Å²) in [6.45, 7) is 6.85. The molecule has 4 rings (SSSR count). The lowest BCUT2D eigenvalue weighted by atomic mass is 10.1. The molecule has 0 N–H and O–H groups in total. The third-order valence-electron chi connectivity index (χ3n) is 5.09. The first-order chi connectivity index (χ1) is 14.8. The van der Waals surface area contributed by atoms with Crippen LogP contribution < -0.4 is 9.47 Å². The van der Waals surface area contributed by atoms with Gasteiger partial charge in [-0.3, -0.25) is 0 Å². The smallest absolute Gasteiger partial charge is 0.410 e. The van der Waals surface area contributed by atoms with Gasteiger partial charge in [-0.1, -0.05) is 0 Å². The third kappa shape index (κ3) is 4.70. The maximum absolute atomic E-state index is 12.3. The molecule has 2 aromatic heterocycles. The molecule has 0 spiro atoms. The van der Waals surface area contributed by atoms with Crippen molar-refractivity contribution in [2.45, 2.75) is 45.3 Å². The molecule has 0 radical (unpaired) electrons. The van der Waals surface area contributed by atoms with Crippen molar-refractivity contribution in [3.05, 3.63) is 36.8 Å². The number of likely N-dealkylation sites (tertiary alicyclic amines) is 1. The molecule has 3 aromatic rings. The van der Waals surface area contributed by atoms with Crippen LogP contribution >= 0.6 is 0 Å². The SMILES string of the molecule is COc1ccc(Oc2ncnc3c2cnn3C2CCN(C(=O)OC(C)(C)C)CC2)cc1. The molecule has 1 saturated heterocycles. The highest BCUT2D eigenvalue weighted by Gasteiger charge is 2.29. The highest BCUT2D eigenvalue weighted by atomic mass is 16.6. The summed E-state index contributed by atoms with van der Waals surface area (Å²) in [5.74, 6) is 1.86. The van der Waals surface area contributed by atoms with Gasteiger partial charge in [-0.05, 0) is 57.9 Å². The van der Waals surface area contributed by atoms with Crippen LogP contribution in [0.25, 0.3) is 11.0 Å². The van der Waals surface area contributed by atoms with Crippen molar-refractivity contribution < 1.29 is 19.0 Å². The molecule has 0 saturated carbocycles. The lowest BCUT2D eigenvalue weighted by molar-refractivity contribution is 0.0186. The molecule has 9 heteroatoms. The Balaban J connectivity index is 1.47. The van der Waals surface area contributed by atoms with Crippen LogP contribution in [0, 0.1) is 0 Å². The molecule has 0 unspecified atom stereocenters. The van der Waals surface area contributed by atoms with E-state index in [0.29, 0.717) is 30.4 Å². The minimum absolute atomic E-state index is 0.139. The molecule has 1 fully saturated rings. The number of rotatable bonds is 4. The van der Waals surface area contributed by atoms with Gasteiger partial charge in [0.15, 0.2) is 5.65 Å². The molecule has 0 aliphatic carbocycles. The van der Waals surface area contributed by atoms with Gasteiger partial charge in [-0.25, -0.2) is 19.4 Å². The zero-order chi connectivity index (χ0) is 22.0. The molecule has 3 heterocycles. The molecule has 9 nitrogen and oxygen atoms in total. The molecule has 164 valence electrons. The summed E-state index contributed by atoms with van der Waals surface area (Å²) in [4.78, 5) is 22.8. The van der Waals surface area contributed by atoms with Crippen molar-refractivity contribution in [3.8, 4) is 17.4 Å². The van der Waals surface area contributed by atoms with E-state index in [9.17, 15) is 4.79 Å². The van der Waals surface area contributed by atoms with Crippen molar-refractivity contribution >= 4 is 17.1 Å². The Labute approximate surface area is 180 Å². The van der Waals surface area contributed by atoms with Gasteiger partial charge in [0.25, 0.3) is 0 Å². The minimum atomic E-state index is -0.497. The van der Waals surface area contributed by atoms with Crippen LogP contribution in [0.1, 0.15) is 39.7 Å². The van der Waals surface area contributed by atoms with Gasteiger partial charge in [0.2, 0.25) is 5.88 Å². The zero-order valence-electron chi connectivity index (χ0n) is 18.2. The van der Waals surface area contributed by atoms with E-state index in [2.05, 4.69) is 15.1 Å². The van der Waals surface area contributed by atoms with Gasteiger partial charge in [0, 0.05) is 13.1 Å². The molecule has 1 aliphatic heterocycles. The van der Waals surface area contributed by atoms with Crippen molar-refractivity contribution in [2.24, 2.45) is 0 Å². The fraction of sp³-hybridized carbons (Fsp3) is 0.455. The van der Waals surface area contributed by atoms with Crippen LogP contribution in [-0.2, 0) is 4.74 Å². The predicted octanol–water partition coefficient (Wildman–Crippen LogP) is 4.20. The number of ether oxygens (including phenoxy) is 3. The number of carbonyl (C=O) groups excluding carboxylic acids is 1. The molecule has 0 bridgehead atoms. The number of benzene rings is 1.